The molecule has 0 aliphatic heterocycles. The lowest BCUT2D eigenvalue weighted by Gasteiger charge is -2.18. The Kier molecular flexibility index (Phi) is 8.83. The van der Waals surface area contributed by atoms with Crippen molar-refractivity contribution in [3.8, 4) is 78.4 Å². The number of furan rings is 1. The van der Waals surface area contributed by atoms with E-state index in [0.717, 1.165) is 106 Å². The lowest BCUT2D eigenvalue weighted by molar-refractivity contribution is 0.669. The first kappa shape index (κ1) is 36.5. The zero-order chi connectivity index (χ0) is 41.7. The molecular weight excluding hydrogens is 765 g/mol. The van der Waals surface area contributed by atoms with E-state index in [0.29, 0.717) is 0 Å². The summed E-state index contributed by atoms with van der Waals surface area (Å²) < 4.78 is 6.54. The summed E-state index contributed by atoms with van der Waals surface area (Å²) >= 11 is 0. The molecule has 3 aromatic heterocycles. The Hall–Kier alpha value is -8.40. The Bertz CT molecular complexity index is 3480. The summed E-state index contributed by atoms with van der Waals surface area (Å²) in [5.74, 6) is 0. The molecule has 0 N–H and O–H groups in total. The first-order chi connectivity index (χ1) is 31.2. The number of nitrogens with zero attached hydrogens (tertiary/aromatic N) is 2. The fraction of sp³-hybridized carbons (Fsp3) is 0. The maximum absolute atomic E-state index is 6.54. The van der Waals surface area contributed by atoms with E-state index in [4.69, 9.17) is 14.4 Å². The molecule has 63 heavy (non-hydrogen) atoms. The van der Waals surface area contributed by atoms with E-state index in [-0.39, 0.29) is 0 Å². The Balaban J connectivity index is 1.05. The van der Waals surface area contributed by atoms with Crippen molar-refractivity contribution in [2.45, 2.75) is 0 Å². The molecule has 0 spiro atoms. The van der Waals surface area contributed by atoms with Gasteiger partial charge in [-0.3, -0.25) is 0 Å². The lowest BCUT2D eigenvalue weighted by Crippen LogP contribution is -1.95. The van der Waals surface area contributed by atoms with Crippen LogP contribution in [0.2, 0.25) is 0 Å². The molecule has 0 fully saturated rings. The Morgan fingerprint density at radius 1 is 0.222 bits per heavy atom. The molecular formula is C60H38N2O. The van der Waals surface area contributed by atoms with Crippen LogP contribution in [0.3, 0.4) is 0 Å². The molecule has 0 bridgehead atoms. The van der Waals surface area contributed by atoms with Gasteiger partial charge in [0.2, 0.25) is 0 Å². The molecule has 0 atom stereocenters. The largest absolute Gasteiger partial charge is 0.456 e. The van der Waals surface area contributed by atoms with Crippen LogP contribution in [0, 0.1) is 0 Å². The fourth-order valence-electron chi connectivity index (χ4n) is 9.25. The first-order valence-corrected chi connectivity index (χ1v) is 21.4. The molecule has 3 heterocycles. The van der Waals surface area contributed by atoms with Gasteiger partial charge in [-0.25, -0.2) is 9.97 Å². The van der Waals surface area contributed by atoms with Crippen molar-refractivity contribution < 1.29 is 4.42 Å². The quantitative estimate of drug-likeness (QED) is 0.151. The zero-order valence-electron chi connectivity index (χ0n) is 34.2. The normalized spacial score (nSPS) is 11.5. The van der Waals surface area contributed by atoms with Crippen molar-refractivity contribution in [1.29, 1.82) is 0 Å². The molecule has 3 heteroatoms. The van der Waals surface area contributed by atoms with Crippen molar-refractivity contribution in [2.24, 2.45) is 0 Å². The number of benzene rings is 9. The average molecular weight is 803 g/mol. The van der Waals surface area contributed by atoms with Crippen LogP contribution < -0.4 is 0 Å². The van der Waals surface area contributed by atoms with Crippen LogP contribution in [0.15, 0.2) is 235 Å². The van der Waals surface area contributed by atoms with E-state index < -0.39 is 0 Å². The van der Waals surface area contributed by atoms with Crippen molar-refractivity contribution in [1.82, 2.24) is 9.97 Å². The Morgan fingerprint density at radius 2 is 0.571 bits per heavy atom. The third-order valence-corrected chi connectivity index (χ3v) is 12.2. The first-order valence-electron chi connectivity index (χ1n) is 21.4. The molecule has 0 aliphatic carbocycles. The minimum absolute atomic E-state index is 0.844. The molecule has 0 saturated heterocycles. The highest BCUT2D eigenvalue weighted by atomic mass is 16.3. The summed E-state index contributed by atoms with van der Waals surface area (Å²) in [5.41, 5.74) is 16.6. The summed E-state index contributed by atoms with van der Waals surface area (Å²) in [6, 6.07) is 81.6. The van der Waals surface area contributed by atoms with Crippen molar-refractivity contribution in [3.05, 3.63) is 231 Å². The van der Waals surface area contributed by atoms with Crippen LogP contribution in [-0.4, -0.2) is 9.97 Å². The van der Waals surface area contributed by atoms with Crippen molar-refractivity contribution in [3.63, 3.8) is 0 Å². The number of hydrogen-bond donors (Lipinski definition) is 0. The van der Waals surface area contributed by atoms with Gasteiger partial charge in [-0.15, -0.1) is 0 Å². The van der Waals surface area contributed by atoms with Gasteiger partial charge in [-0.2, -0.15) is 0 Å². The molecule has 0 amide bonds. The topological polar surface area (TPSA) is 38.9 Å². The van der Waals surface area contributed by atoms with Crippen molar-refractivity contribution >= 4 is 43.5 Å². The maximum atomic E-state index is 6.54. The highest BCUT2D eigenvalue weighted by Gasteiger charge is 2.20. The van der Waals surface area contributed by atoms with Gasteiger partial charge in [-0.05, 0) is 110 Å². The molecule has 0 unspecified atom stereocenters. The lowest BCUT2D eigenvalue weighted by atomic mass is 9.86. The number of fused-ring (bicyclic) bond motifs is 5. The molecule has 0 saturated carbocycles. The molecule has 3 nitrogen and oxygen atoms in total. The highest BCUT2D eigenvalue weighted by molar-refractivity contribution is 6.22. The SMILES string of the molecule is c1ccc(-c2cc(-c3ccccc3)nc(-c3ccc4oc5ccc(-c6c7ccccc7c(-c7cc(-c8ccccc8)cc(-c8ccccc8)n7)c7ccccc67)cc5c4c3)c2)cc1. The van der Waals surface area contributed by atoms with Gasteiger partial charge in [0.15, 0.2) is 0 Å². The average Bonchev–Trinajstić information content (AvgIpc) is 3.73. The number of aromatic nitrogens is 2. The predicted octanol–water partition coefficient (Wildman–Crippen LogP) is 16.4. The minimum atomic E-state index is 0.844. The summed E-state index contributed by atoms with van der Waals surface area (Å²) in [7, 11) is 0. The van der Waals surface area contributed by atoms with Crippen LogP contribution in [0.25, 0.3) is 122 Å². The third kappa shape index (κ3) is 6.55. The predicted molar refractivity (Wildman–Crippen MR) is 262 cm³/mol. The second-order valence-electron chi connectivity index (χ2n) is 16.1. The van der Waals surface area contributed by atoms with Gasteiger partial charge in [0, 0.05) is 33.0 Å². The van der Waals surface area contributed by atoms with E-state index in [1.54, 1.807) is 0 Å². The van der Waals surface area contributed by atoms with Crippen LogP contribution in [0.1, 0.15) is 0 Å². The summed E-state index contributed by atoms with van der Waals surface area (Å²) in [6.45, 7) is 0. The molecule has 9 aromatic carbocycles. The second-order valence-corrected chi connectivity index (χ2v) is 16.1. The fourth-order valence-corrected chi connectivity index (χ4v) is 9.25. The standard InChI is InChI=1S/C60H38N2O/c1-5-17-39(18-6-1)45-35-53(41-21-9-3-10-22-41)61-55(37-45)43-29-31-57-51(33-43)52-34-44(30-32-58(52)63-57)59-47-25-13-15-27-49(47)60(50-28-16-14-26-48(50)59)56-38-46(40-19-7-2-8-20-40)36-54(62-56)42-23-11-4-12-24-42/h1-38H. The molecule has 0 radical (unpaired) electrons. The van der Waals surface area contributed by atoms with Crippen LogP contribution >= 0.6 is 0 Å². The van der Waals surface area contributed by atoms with Gasteiger partial charge in [0.05, 0.1) is 22.8 Å². The molecule has 12 aromatic rings. The second kappa shape index (κ2) is 15.3. The van der Waals surface area contributed by atoms with Gasteiger partial charge in [0.1, 0.15) is 11.2 Å². The highest BCUT2D eigenvalue weighted by Crippen LogP contribution is 2.46. The van der Waals surface area contributed by atoms with E-state index in [2.05, 4.69) is 224 Å². The smallest absolute Gasteiger partial charge is 0.135 e. The summed E-state index contributed by atoms with van der Waals surface area (Å²) in [6.07, 6.45) is 0. The van der Waals surface area contributed by atoms with Gasteiger partial charge in [0.25, 0.3) is 0 Å². The van der Waals surface area contributed by atoms with E-state index >= 15 is 0 Å². The number of hydrogen-bond acceptors (Lipinski definition) is 3. The van der Waals surface area contributed by atoms with Crippen LogP contribution in [0.4, 0.5) is 0 Å². The Morgan fingerprint density at radius 3 is 1.05 bits per heavy atom. The van der Waals surface area contributed by atoms with Gasteiger partial charge < -0.3 is 4.42 Å². The summed E-state index contributed by atoms with van der Waals surface area (Å²) in [4.78, 5) is 10.7. The minimum Gasteiger partial charge on any atom is -0.456 e. The maximum Gasteiger partial charge on any atom is 0.135 e. The van der Waals surface area contributed by atoms with Gasteiger partial charge >= 0.3 is 0 Å². The van der Waals surface area contributed by atoms with Crippen LogP contribution in [-0.2, 0) is 0 Å². The van der Waals surface area contributed by atoms with E-state index in [1.165, 1.54) is 16.3 Å². The molecule has 0 aliphatic rings. The number of pyridine rings is 2. The van der Waals surface area contributed by atoms with Crippen molar-refractivity contribution in [2.75, 3.05) is 0 Å². The van der Waals surface area contributed by atoms with E-state index in [9.17, 15) is 0 Å². The zero-order valence-corrected chi connectivity index (χ0v) is 34.2. The van der Waals surface area contributed by atoms with Crippen LogP contribution in [0.5, 0.6) is 0 Å². The number of rotatable bonds is 7. The third-order valence-electron chi connectivity index (χ3n) is 12.2. The summed E-state index contributed by atoms with van der Waals surface area (Å²) in [5, 5.41) is 6.76. The monoisotopic (exact) mass is 802 g/mol. The molecule has 294 valence electrons. The van der Waals surface area contributed by atoms with Gasteiger partial charge in [-0.1, -0.05) is 176 Å². The molecule has 12 rings (SSSR count). The Labute approximate surface area is 365 Å². The van der Waals surface area contributed by atoms with E-state index in [1.807, 2.05) is 6.07 Å².